The summed E-state index contributed by atoms with van der Waals surface area (Å²) >= 11 is 0. The number of hydrogen-bond donors (Lipinski definition) is 0. The van der Waals surface area contributed by atoms with Crippen molar-refractivity contribution in [3.05, 3.63) is 30.0 Å². The van der Waals surface area contributed by atoms with Crippen LogP contribution in [-0.4, -0.2) is 22.9 Å². The van der Waals surface area contributed by atoms with Crippen LogP contribution in [-0.2, 0) is 11.0 Å². The van der Waals surface area contributed by atoms with E-state index in [1.165, 1.54) is 24.3 Å². The number of carbonyl (C=O) groups is 1. The summed E-state index contributed by atoms with van der Waals surface area (Å²) in [5, 5.41) is 3.45. The van der Waals surface area contributed by atoms with E-state index in [4.69, 9.17) is 0 Å². The first-order valence-corrected chi connectivity index (χ1v) is 4.58. The van der Waals surface area contributed by atoms with Crippen molar-refractivity contribution in [2.24, 2.45) is 0 Å². The van der Waals surface area contributed by atoms with Crippen molar-refractivity contribution < 1.29 is 22.7 Å². The molecule has 0 saturated carbocycles. The largest absolute Gasteiger partial charge is 0.505 e. The van der Waals surface area contributed by atoms with Gasteiger partial charge in [0, 0.05) is 5.39 Å². The molecule has 0 amide bonds. The Labute approximate surface area is 93.6 Å². The lowest BCUT2D eigenvalue weighted by Gasteiger charge is -2.08. The number of methoxy groups -OCH3 is 1. The Morgan fingerprint density at radius 2 is 2.00 bits per heavy atom. The van der Waals surface area contributed by atoms with Gasteiger partial charge in [0.1, 0.15) is 0 Å². The lowest BCUT2D eigenvalue weighted by Crippen LogP contribution is -2.23. The number of ether oxygens (including phenoxy) is 1. The highest BCUT2D eigenvalue weighted by Crippen LogP contribution is 2.28. The van der Waals surface area contributed by atoms with Gasteiger partial charge < -0.3 is 4.74 Å². The van der Waals surface area contributed by atoms with Crippen LogP contribution in [0.4, 0.5) is 13.2 Å². The Hall–Kier alpha value is -2.05. The van der Waals surface area contributed by atoms with E-state index in [0.29, 0.717) is 0 Å². The lowest BCUT2D eigenvalue weighted by atomic mass is 10.2. The number of benzene rings is 1. The van der Waals surface area contributed by atoms with Crippen molar-refractivity contribution in [3.8, 4) is 0 Å². The highest BCUT2D eigenvalue weighted by Gasteiger charge is 2.37. The Bertz CT molecular complexity index is 574. The summed E-state index contributed by atoms with van der Waals surface area (Å²) in [7, 11) is 1.02. The van der Waals surface area contributed by atoms with Gasteiger partial charge in [-0.05, 0) is 6.07 Å². The first-order chi connectivity index (χ1) is 7.95. The third kappa shape index (κ3) is 1.83. The zero-order valence-corrected chi connectivity index (χ0v) is 8.65. The van der Waals surface area contributed by atoms with E-state index >= 15 is 0 Å². The SMILES string of the molecule is COC(=O)c1c2ccccc2nn1C(F)(F)F. The predicted molar refractivity (Wildman–Crippen MR) is 52.4 cm³/mol. The molecule has 2 aromatic rings. The molecule has 1 aromatic carbocycles. The molecule has 0 saturated heterocycles. The smallest absolute Gasteiger partial charge is 0.464 e. The standard InChI is InChI=1S/C10H7F3N2O2/c1-17-9(16)8-6-4-2-3-5-7(6)14-15(8)10(11,12)13/h2-5H,1H3. The number of esters is 1. The monoisotopic (exact) mass is 244 g/mol. The average Bonchev–Trinajstić information content (AvgIpc) is 2.67. The van der Waals surface area contributed by atoms with E-state index in [0.717, 1.165) is 7.11 Å². The van der Waals surface area contributed by atoms with Gasteiger partial charge in [-0.15, -0.1) is 13.2 Å². The maximum Gasteiger partial charge on any atom is 0.505 e. The van der Waals surface area contributed by atoms with Gasteiger partial charge in [-0.3, -0.25) is 0 Å². The minimum atomic E-state index is -4.76. The molecular formula is C10H7F3N2O2. The van der Waals surface area contributed by atoms with Crippen molar-refractivity contribution in [1.82, 2.24) is 9.78 Å². The second kappa shape index (κ2) is 3.76. The van der Waals surface area contributed by atoms with Crippen LogP contribution >= 0.6 is 0 Å². The molecule has 2 rings (SSSR count). The molecule has 0 spiro atoms. The van der Waals surface area contributed by atoms with Gasteiger partial charge in [0.25, 0.3) is 0 Å². The molecule has 90 valence electrons. The molecule has 17 heavy (non-hydrogen) atoms. The van der Waals surface area contributed by atoms with E-state index in [2.05, 4.69) is 9.84 Å². The molecule has 0 aliphatic heterocycles. The molecule has 0 aliphatic carbocycles. The van der Waals surface area contributed by atoms with Gasteiger partial charge in [0.15, 0.2) is 5.69 Å². The Morgan fingerprint density at radius 3 is 2.59 bits per heavy atom. The molecular weight excluding hydrogens is 237 g/mol. The third-order valence-electron chi connectivity index (χ3n) is 2.20. The van der Waals surface area contributed by atoms with E-state index in [9.17, 15) is 18.0 Å². The van der Waals surface area contributed by atoms with Crippen LogP contribution < -0.4 is 0 Å². The minimum Gasteiger partial charge on any atom is -0.464 e. The van der Waals surface area contributed by atoms with Gasteiger partial charge in [0.2, 0.25) is 0 Å². The number of halogens is 3. The van der Waals surface area contributed by atoms with Crippen LogP contribution in [0.25, 0.3) is 10.9 Å². The van der Waals surface area contributed by atoms with Crippen LogP contribution in [0.3, 0.4) is 0 Å². The molecule has 7 heteroatoms. The number of aromatic nitrogens is 2. The van der Waals surface area contributed by atoms with Gasteiger partial charge in [-0.1, -0.05) is 18.2 Å². The van der Waals surface area contributed by atoms with E-state index in [1.807, 2.05) is 0 Å². The molecule has 1 aromatic heterocycles. The zero-order chi connectivity index (χ0) is 12.6. The first kappa shape index (κ1) is 11.4. The number of carbonyl (C=O) groups excluding carboxylic acids is 1. The second-order valence-corrected chi connectivity index (χ2v) is 3.24. The summed E-state index contributed by atoms with van der Waals surface area (Å²) in [5.41, 5.74) is -0.527. The highest BCUT2D eigenvalue weighted by molar-refractivity contribution is 6.02. The Morgan fingerprint density at radius 1 is 1.35 bits per heavy atom. The summed E-state index contributed by atoms with van der Waals surface area (Å²) in [6.45, 7) is 0. The quantitative estimate of drug-likeness (QED) is 0.723. The fourth-order valence-corrected chi connectivity index (χ4v) is 1.51. The average molecular weight is 244 g/mol. The molecule has 0 fully saturated rings. The van der Waals surface area contributed by atoms with E-state index in [1.54, 1.807) is 0 Å². The zero-order valence-electron chi connectivity index (χ0n) is 8.65. The van der Waals surface area contributed by atoms with Crippen molar-refractivity contribution >= 4 is 16.9 Å². The molecule has 0 aliphatic rings. The maximum absolute atomic E-state index is 12.7. The fourth-order valence-electron chi connectivity index (χ4n) is 1.51. The molecule has 0 radical (unpaired) electrons. The summed E-state index contributed by atoms with van der Waals surface area (Å²) in [4.78, 5) is 11.4. The molecule has 0 N–H and O–H groups in total. The van der Waals surface area contributed by atoms with Gasteiger partial charge in [-0.2, -0.15) is 9.78 Å². The van der Waals surface area contributed by atoms with Crippen molar-refractivity contribution in [3.63, 3.8) is 0 Å². The lowest BCUT2D eigenvalue weighted by molar-refractivity contribution is -0.212. The Balaban J connectivity index is 2.79. The summed E-state index contributed by atoms with van der Waals surface area (Å²) in [5.74, 6) is -1.07. The molecule has 4 nitrogen and oxygen atoms in total. The first-order valence-electron chi connectivity index (χ1n) is 4.58. The molecule has 0 bridgehead atoms. The summed E-state index contributed by atoms with van der Waals surface area (Å²) < 4.78 is 42.1. The highest BCUT2D eigenvalue weighted by atomic mass is 19.4. The van der Waals surface area contributed by atoms with E-state index < -0.39 is 18.0 Å². The predicted octanol–water partition coefficient (Wildman–Crippen LogP) is 2.30. The van der Waals surface area contributed by atoms with Crippen LogP contribution in [0.2, 0.25) is 0 Å². The van der Waals surface area contributed by atoms with Gasteiger partial charge >= 0.3 is 12.3 Å². The number of alkyl halides is 3. The van der Waals surface area contributed by atoms with Crippen LogP contribution in [0.1, 0.15) is 10.5 Å². The number of nitrogens with zero attached hydrogens (tertiary/aromatic N) is 2. The van der Waals surface area contributed by atoms with Crippen molar-refractivity contribution in [1.29, 1.82) is 0 Å². The van der Waals surface area contributed by atoms with Crippen LogP contribution in [0.15, 0.2) is 24.3 Å². The van der Waals surface area contributed by atoms with Crippen molar-refractivity contribution in [2.45, 2.75) is 6.30 Å². The van der Waals surface area contributed by atoms with Gasteiger partial charge in [0.05, 0.1) is 12.6 Å². The number of hydrogen-bond acceptors (Lipinski definition) is 3. The summed E-state index contributed by atoms with van der Waals surface area (Å²) in [6, 6.07) is 5.84. The van der Waals surface area contributed by atoms with Crippen molar-refractivity contribution in [2.75, 3.05) is 7.11 Å². The topological polar surface area (TPSA) is 44.1 Å². The maximum atomic E-state index is 12.7. The Kier molecular flexibility index (Phi) is 2.53. The third-order valence-corrected chi connectivity index (χ3v) is 2.20. The number of fused-ring (bicyclic) bond motifs is 1. The van der Waals surface area contributed by atoms with Gasteiger partial charge in [-0.25, -0.2) is 4.79 Å². The second-order valence-electron chi connectivity index (χ2n) is 3.24. The normalized spacial score (nSPS) is 11.8. The minimum absolute atomic E-state index is 0.0882. The number of rotatable bonds is 1. The molecule has 0 unspecified atom stereocenters. The molecule has 0 atom stereocenters. The summed E-state index contributed by atoms with van der Waals surface area (Å²) in [6.07, 6.45) is -4.76. The van der Waals surface area contributed by atoms with Crippen LogP contribution in [0, 0.1) is 0 Å². The fraction of sp³-hybridized carbons (Fsp3) is 0.200. The van der Waals surface area contributed by atoms with E-state index in [-0.39, 0.29) is 15.6 Å². The molecule has 1 heterocycles. The van der Waals surface area contributed by atoms with Crippen LogP contribution in [0.5, 0.6) is 0 Å².